The minimum atomic E-state index is -0.304. The molecule has 170 valence electrons. The van der Waals surface area contributed by atoms with Gasteiger partial charge in [-0.15, -0.1) is 0 Å². The van der Waals surface area contributed by atoms with Crippen molar-refractivity contribution in [1.29, 1.82) is 0 Å². The first-order valence-electron chi connectivity index (χ1n) is 10.5. The summed E-state index contributed by atoms with van der Waals surface area (Å²) in [4.78, 5) is 8.84. The summed E-state index contributed by atoms with van der Waals surface area (Å²) in [5.41, 5.74) is 3.93. The molecule has 2 heterocycles. The number of aryl methyl sites for hydroxylation is 1. The molecule has 2 aromatic carbocycles. The normalized spacial score (nSPS) is 11.0. The van der Waals surface area contributed by atoms with Crippen LogP contribution in [0.4, 0.5) is 10.2 Å². The van der Waals surface area contributed by atoms with Crippen LogP contribution >= 0.6 is 0 Å². The molecule has 2 aromatic heterocycles. The zero-order chi connectivity index (χ0) is 23.0. The number of aromatic nitrogens is 4. The first-order valence-corrected chi connectivity index (χ1v) is 10.5. The lowest BCUT2D eigenvalue weighted by Gasteiger charge is -2.14. The molecule has 2 N–H and O–H groups in total. The number of benzene rings is 2. The molecule has 4 rings (SSSR count). The lowest BCUT2D eigenvalue weighted by molar-refractivity contribution is 0.0708. The first-order chi connectivity index (χ1) is 16.1. The van der Waals surface area contributed by atoms with E-state index in [0.717, 1.165) is 27.9 Å². The Morgan fingerprint density at radius 3 is 2.55 bits per heavy atom. The molecule has 0 radical (unpaired) electrons. The number of hydrogen-bond donors (Lipinski definition) is 2. The summed E-state index contributed by atoms with van der Waals surface area (Å²) in [6.07, 6.45) is 1.47. The second-order valence-electron chi connectivity index (χ2n) is 7.30. The van der Waals surface area contributed by atoms with Crippen molar-refractivity contribution in [2.75, 3.05) is 31.7 Å². The lowest BCUT2D eigenvalue weighted by atomic mass is 10.0. The van der Waals surface area contributed by atoms with Crippen LogP contribution < -0.4 is 10.1 Å². The van der Waals surface area contributed by atoms with E-state index in [2.05, 4.69) is 25.5 Å². The van der Waals surface area contributed by atoms with Crippen LogP contribution in [-0.2, 0) is 11.3 Å². The maximum atomic E-state index is 13.5. The molecule has 0 atom stereocenters. The number of aliphatic hydroxyl groups is 1. The van der Waals surface area contributed by atoms with Crippen molar-refractivity contribution in [2.45, 2.75) is 13.5 Å². The fraction of sp³-hybridized carbons (Fsp3) is 0.250. The van der Waals surface area contributed by atoms with Gasteiger partial charge in [-0.25, -0.2) is 14.4 Å². The van der Waals surface area contributed by atoms with E-state index in [1.165, 1.54) is 18.5 Å². The van der Waals surface area contributed by atoms with Crippen molar-refractivity contribution in [3.05, 3.63) is 72.1 Å². The minimum Gasteiger partial charge on any atom is -0.489 e. The van der Waals surface area contributed by atoms with E-state index in [1.807, 2.05) is 31.2 Å². The third-order valence-electron chi connectivity index (χ3n) is 4.89. The molecule has 0 aliphatic rings. The molecule has 4 aromatic rings. The number of nitrogens with zero attached hydrogens (tertiary/aromatic N) is 4. The molecular formula is C24H24FN5O3. The summed E-state index contributed by atoms with van der Waals surface area (Å²) < 4.78 is 24.7. The predicted octanol–water partition coefficient (Wildman–Crippen LogP) is 3.53. The molecular weight excluding hydrogens is 425 g/mol. The molecule has 0 amide bonds. The molecule has 0 saturated heterocycles. The number of anilines is 1. The Bertz CT molecular complexity index is 1200. The third-order valence-corrected chi connectivity index (χ3v) is 4.89. The highest BCUT2D eigenvalue weighted by Gasteiger charge is 2.13. The number of fused-ring (bicyclic) bond motifs is 1. The van der Waals surface area contributed by atoms with Crippen molar-refractivity contribution >= 4 is 16.7 Å². The molecule has 0 bridgehead atoms. The summed E-state index contributed by atoms with van der Waals surface area (Å²) in [6, 6.07) is 13.9. The van der Waals surface area contributed by atoms with Crippen LogP contribution in [0, 0.1) is 12.7 Å². The Labute approximate surface area is 190 Å². The number of rotatable bonds is 10. The van der Waals surface area contributed by atoms with Gasteiger partial charge in [-0.05, 0) is 54.4 Å². The van der Waals surface area contributed by atoms with Gasteiger partial charge in [0.1, 0.15) is 35.8 Å². The Hall–Kier alpha value is -3.69. The zero-order valence-electron chi connectivity index (χ0n) is 18.2. The zero-order valence-corrected chi connectivity index (χ0v) is 18.2. The summed E-state index contributed by atoms with van der Waals surface area (Å²) in [5.74, 6) is 0.870. The van der Waals surface area contributed by atoms with Gasteiger partial charge < -0.3 is 19.9 Å². The van der Waals surface area contributed by atoms with E-state index < -0.39 is 0 Å². The Morgan fingerprint density at radius 2 is 1.79 bits per heavy atom. The molecule has 8 nitrogen and oxygen atoms in total. The van der Waals surface area contributed by atoms with E-state index in [1.54, 1.807) is 12.1 Å². The molecule has 0 fully saturated rings. The SMILES string of the molecule is Cc1ccc(CNc2ncnc3c(OCCOCCO)cc(-c4ccc(F)cc4)cc23)nn1. The van der Waals surface area contributed by atoms with Crippen LogP contribution in [0.1, 0.15) is 11.4 Å². The van der Waals surface area contributed by atoms with E-state index in [9.17, 15) is 4.39 Å². The highest BCUT2D eigenvalue weighted by atomic mass is 19.1. The highest BCUT2D eigenvalue weighted by Crippen LogP contribution is 2.34. The Kier molecular flexibility index (Phi) is 7.33. The maximum absolute atomic E-state index is 13.5. The second-order valence-corrected chi connectivity index (χ2v) is 7.30. The average molecular weight is 449 g/mol. The van der Waals surface area contributed by atoms with E-state index in [4.69, 9.17) is 14.6 Å². The Balaban J connectivity index is 1.67. The molecule has 0 unspecified atom stereocenters. The monoisotopic (exact) mass is 449 g/mol. The van der Waals surface area contributed by atoms with Crippen LogP contribution in [0.2, 0.25) is 0 Å². The van der Waals surface area contributed by atoms with Gasteiger partial charge in [-0.1, -0.05) is 12.1 Å². The van der Waals surface area contributed by atoms with Crippen molar-refractivity contribution in [2.24, 2.45) is 0 Å². The van der Waals surface area contributed by atoms with Gasteiger partial charge in [0.2, 0.25) is 0 Å². The van der Waals surface area contributed by atoms with Crippen LogP contribution in [0.3, 0.4) is 0 Å². The van der Waals surface area contributed by atoms with Crippen molar-refractivity contribution in [3.63, 3.8) is 0 Å². The van der Waals surface area contributed by atoms with Gasteiger partial charge in [-0.3, -0.25) is 0 Å². The molecule has 0 aliphatic heterocycles. The van der Waals surface area contributed by atoms with E-state index in [0.29, 0.717) is 30.2 Å². The highest BCUT2D eigenvalue weighted by molar-refractivity contribution is 5.96. The Morgan fingerprint density at radius 1 is 0.939 bits per heavy atom. The fourth-order valence-corrected chi connectivity index (χ4v) is 3.27. The number of hydrogen-bond acceptors (Lipinski definition) is 8. The largest absolute Gasteiger partial charge is 0.489 e. The fourth-order valence-electron chi connectivity index (χ4n) is 3.27. The van der Waals surface area contributed by atoms with Crippen LogP contribution in [0.5, 0.6) is 5.75 Å². The molecule has 0 saturated carbocycles. The van der Waals surface area contributed by atoms with Crippen molar-refractivity contribution in [1.82, 2.24) is 20.2 Å². The quantitative estimate of drug-likeness (QED) is 0.355. The summed E-state index contributed by atoms with van der Waals surface area (Å²) in [7, 11) is 0. The first kappa shape index (κ1) is 22.5. The summed E-state index contributed by atoms with van der Waals surface area (Å²) in [5, 5.41) is 21.2. The predicted molar refractivity (Wildman–Crippen MR) is 122 cm³/mol. The summed E-state index contributed by atoms with van der Waals surface area (Å²) in [6.45, 7) is 3.13. The smallest absolute Gasteiger partial charge is 0.146 e. The van der Waals surface area contributed by atoms with Gasteiger partial charge >= 0.3 is 0 Å². The van der Waals surface area contributed by atoms with Gasteiger partial charge in [0.15, 0.2) is 0 Å². The topological polar surface area (TPSA) is 102 Å². The average Bonchev–Trinajstić information content (AvgIpc) is 2.84. The van der Waals surface area contributed by atoms with Crippen LogP contribution in [0.15, 0.2) is 54.9 Å². The summed E-state index contributed by atoms with van der Waals surface area (Å²) >= 11 is 0. The van der Waals surface area contributed by atoms with Gasteiger partial charge in [0.25, 0.3) is 0 Å². The van der Waals surface area contributed by atoms with Crippen LogP contribution in [-0.4, -0.2) is 51.7 Å². The van der Waals surface area contributed by atoms with Crippen molar-refractivity contribution in [3.8, 4) is 16.9 Å². The van der Waals surface area contributed by atoms with Crippen LogP contribution in [0.25, 0.3) is 22.0 Å². The van der Waals surface area contributed by atoms with E-state index >= 15 is 0 Å². The molecule has 9 heteroatoms. The lowest BCUT2D eigenvalue weighted by Crippen LogP contribution is -2.10. The number of aliphatic hydroxyl groups excluding tert-OH is 1. The minimum absolute atomic E-state index is 0.0450. The van der Waals surface area contributed by atoms with Gasteiger partial charge in [0.05, 0.1) is 37.8 Å². The second kappa shape index (κ2) is 10.8. The maximum Gasteiger partial charge on any atom is 0.146 e. The molecule has 33 heavy (non-hydrogen) atoms. The number of nitrogens with one attached hydrogen (secondary N) is 1. The van der Waals surface area contributed by atoms with Gasteiger partial charge in [0, 0.05) is 5.39 Å². The molecule has 0 spiro atoms. The molecule has 0 aliphatic carbocycles. The van der Waals surface area contributed by atoms with Crippen molar-refractivity contribution < 1.29 is 19.0 Å². The standard InChI is InChI=1S/C24H24FN5O3/c1-16-2-7-20(30-29-16)14-26-24-21-12-18(17-3-5-19(25)6-4-17)13-22(23(21)27-15-28-24)33-11-10-32-9-8-31/h2-7,12-13,15,31H,8-11,14H2,1H3,(H,26,27,28). The number of halogens is 1. The van der Waals surface area contributed by atoms with E-state index in [-0.39, 0.29) is 25.6 Å². The third kappa shape index (κ3) is 5.76. The number of ether oxygens (including phenoxy) is 2. The van der Waals surface area contributed by atoms with Gasteiger partial charge in [-0.2, -0.15) is 10.2 Å².